The molecule has 0 saturated carbocycles. The van der Waals surface area contributed by atoms with Crippen LogP contribution in [0.3, 0.4) is 0 Å². The highest BCUT2D eigenvalue weighted by Gasteiger charge is 2.35. The summed E-state index contributed by atoms with van der Waals surface area (Å²) in [6.07, 6.45) is -1.34. The summed E-state index contributed by atoms with van der Waals surface area (Å²) < 4.78 is 34.2. The van der Waals surface area contributed by atoms with Crippen molar-refractivity contribution in [2.45, 2.75) is 34.6 Å². The third-order valence-electron chi connectivity index (χ3n) is 7.73. The maximum atomic E-state index is 14.4. The zero-order chi connectivity index (χ0) is 30.5. The molecule has 0 unspecified atom stereocenters. The SMILES string of the molecule is O[C@@H]1CSc2nc3ccccc3n2[C@H]1c1cc(Br)ccc1F.O[C@H]1CSc2nc3ccccc3n2[C@@H]1c1cc(Br)ccc1F. The summed E-state index contributed by atoms with van der Waals surface area (Å²) in [7, 11) is 0. The van der Waals surface area contributed by atoms with Gasteiger partial charge in [0, 0.05) is 31.6 Å². The van der Waals surface area contributed by atoms with Gasteiger partial charge >= 0.3 is 0 Å². The largest absolute Gasteiger partial charge is 0.390 e. The Morgan fingerprint density at radius 2 is 1.05 bits per heavy atom. The fourth-order valence-corrected chi connectivity index (χ4v) is 8.60. The summed E-state index contributed by atoms with van der Waals surface area (Å²) in [5, 5.41) is 22.7. The van der Waals surface area contributed by atoms with Crippen molar-refractivity contribution in [3.8, 4) is 0 Å². The predicted octanol–water partition coefficient (Wildman–Crippen LogP) is 7.99. The number of thioether (sulfide) groups is 2. The second-order valence-corrected chi connectivity index (χ2v) is 14.3. The molecular formula is C32H24Br2F2N4O2S2. The Bertz CT molecular complexity index is 1880. The molecular weight excluding hydrogens is 734 g/mol. The van der Waals surface area contributed by atoms with Gasteiger partial charge in [0.05, 0.1) is 46.4 Å². The maximum absolute atomic E-state index is 14.4. The summed E-state index contributed by atoms with van der Waals surface area (Å²) in [5.41, 5.74) is 4.50. The van der Waals surface area contributed by atoms with E-state index in [1.165, 1.54) is 35.7 Å². The Morgan fingerprint density at radius 1 is 0.636 bits per heavy atom. The topological polar surface area (TPSA) is 76.1 Å². The zero-order valence-electron chi connectivity index (χ0n) is 22.8. The standard InChI is InChI=1S/2C16H12BrFN2OS/c2*17-9-5-6-11(18)10(7-9)15-14(21)8-22-16-19-12-3-1-2-4-13(12)20(15)16/h2*1-7,14-15,21H,8H2/t2*14-,15+/m10/s1. The first-order chi connectivity index (χ1) is 21.3. The molecule has 0 aliphatic carbocycles. The van der Waals surface area contributed by atoms with Crippen LogP contribution in [-0.4, -0.2) is 53.0 Å². The number of rotatable bonds is 2. The first-order valence-electron chi connectivity index (χ1n) is 13.8. The number of imidazole rings is 2. The molecule has 0 amide bonds. The Labute approximate surface area is 276 Å². The summed E-state index contributed by atoms with van der Waals surface area (Å²) >= 11 is 9.77. The minimum Gasteiger partial charge on any atom is -0.390 e. The molecule has 2 aromatic heterocycles. The molecule has 4 heterocycles. The van der Waals surface area contributed by atoms with Crippen molar-refractivity contribution in [3.63, 3.8) is 0 Å². The van der Waals surface area contributed by atoms with Gasteiger partial charge < -0.3 is 19.3 Å². The molecule has 6 aromatic rings. The van der Waals surface area contributed by atoms with E-state index < -0.39 is 24.3 Å². The number of nitrogens with zero attached hydrogens (tertiary/aromatic N) is 4. The number of aliphatic hydroxyl groups is 2. The second kappa shape index (κ2) is 12.2. The van der Waals surface area contributed by atoms with Crippen LogP contribution in [0.4, 0.5) is 8.78 Å². The Balaban J connectivity index is 0.000000142. The second-order valence-electron chi connectivity index (χ2n) is 10.5. The van der Waals surface area contributed by atoms with Gasteiger partial charge in [-0.25, -0.2) is 18.7 Å². The van der Waals surface area contributed by atoms with Gasteiger partial charge in [-0.05, 0) is 60.7 Å². The van der Waals surface area contributed by atoms with Gasteiger partial charge in [-0.3, -0.25) is 0 Å². The van der Waals surface area contributed by atoms with Crippen LogP contribution in [0.1, 0.15) is 23.2 Å². The quantitative estimate of drug-likeness (QED) is 0.187. The molecule has 224 valence electrons. The van der Waals surface area contributed by atoms with Crippen molar-refractivity contribution < 1.29 is 19.0 Å². The highest BCUT2D eigenvalue weighted by atomic mass is 79.9. The molecule has 0 saturated heterocycles. The van der Waals surface area contributed by atoms with Gasteiger partial charge in [0.25, 0.3) is 0 Å². The lowest BCUT2D eigenvalue weighted by molar-refractivity contribution is 0.144. The van der Waals surface area contributed by atoms with Gasteiger partial charge in [-0.1, -0.05) is 79.6 Å². The van der Waals surface area contributed by atoms with E-state index in [-0.39, 0.29) is 11.6 Å². The molecule has 6 nitrogen and oxygen atoms in total. The molecule has 2 aliphatic heterocycles. The lowest BCUT2D eigenvalue weighted by atomic mass is 10.0. The highest BCUT2D eigenvalue weighted by molar-refractivity contribution is 9.10. The third kappa shape index (κ3) is 5.39. The van der Waals surface area contributed by atoms with Crippen molar-refractivity contribution in [2.75, 3.05) is 11.5 Å². The van der Waals surface area contributed by atoms with Gasteiger partial charge in [0.2, 0.25) is 0 Å². The number of para-hydroxylation sites is 4. The normalized spacial score (nSPS) is 21.0. The maximum Gasteiger partial charge on any atom is 0.169 e. The lowest BCUT2D eigenvalue weighted by Gasteiger charge is -2.31. The minimum atomic E-state index is -0.668. The van der Waals surface area contributed by atoms with Crippen LogP contribution in [0.15, 0.2) is 104 Å². The molecule has 44 heavy (non-hydrogen) atoms. The van der Waals surface area contributed by atoms with Crippen LogP contribution < -0.4 is 0 Å². The number of fused-ring (bicyclic) bond motifs is 6. The van der Waals surface area contributed by atoms with Crippen molar-refractivity contribution in [1.82, 2.24) is 19.1 Å². The van der Waals surface area contributed by atoms with Crippen LogP contribution in [0.5, 0.6) is 0 Å². The molecule has 0 bridgehead atoms. The number of aliphatic hydroxyl groups excluding tert-OH is 2. The number of benzene rings is 4. The van der Waals surface area contributed by atoms with Crippen molar-refractivity contribution in [1.29, 1.82) is 0 Å². The molecule has 8 rings (SSSR count). The van der Waals surface area contributed by atoms with Crippen LogP contribution in [-0.2, 0) is 0 Å². The van der Waals surface area contributed by atoms with Gasteiger partial charge in [0.15, 0.2) is 10.3 Å². The number of hydrogen-bond donors (Lipinski definition) is 2. The number of hydrogen-bond acceptors (Lipinski definition) is 6. The van der Waals surface area contributed by atoms with Gasteiger partial charge in [0.1, 0.15) is 11.6 Å². The molecule has 2 aliphatic rings. The van der Waals surface area contributed by atoms with Crippen LogP contribution >= 0.6 is 55.4 Å². The molecule has 0 spiro atoms. The summed E-state index contributed by atoms with van der Waals surface area (Å²) in [4.78, 5) is 9.19. The first kappa shape index (κ1) is 29.9. The molecule has 4 atom stereocenters. The molecule has 12 heteroatoms. The van der Waals surface area contributed by atoms with Gasteiger partial charge in [-0.2, -0.15) is 0 Å². The molecule has 4 aromatic carbocycles. The van der Waals surface area contributed by atoms with E-state index in [4.69, 9.17) is 0 Å². The minimum absolute atomic E-state index is 0.317. The predicted molar refractivity (Wildman–Crippen MR) is 177 cm³/mol. The van der Waals surface area contributed by atoms with Gasteiger partial charge in [-0.15, -0.1) is 0 Å². The Morgan fingerprint density at radius 3 is 1.48 bits per heavy atom. The summed E-state index contributed by atoms with van der Waals surface area (Å²) in [5.74, 6) is 0.366. The Kier molecular flexibility index (Phi) is 8.32. The summed E-state index contributed by atoms with van der Waals surface area (Å²) in [6, 6.07) is 24.2. The van der Waals surface area contributed by atoms with Crippen molar-refractivity contribution in [3.05, 3.63) is 117 Å². The monoisotopic (exact) mass is 756 g/mol. The van der Waals surface area contributed by atoms with Crippen LogP contribution in [0, 0.1) is 11.6 Å². The molecule has 0 radical (unpaired) electrons. The lowest BCUT2D eigenvalue weighted by Crippen LogP contribution is -2.32. The van der Waals surface area contributed by atoms with E-state index in [0.29, 0.717) is 22.6 Å². The van der Waals surface area contributed by atoms with E-state index in [0.717, 1.165) is 41.3 Å². The van der Waals surface area contributed by atoms with Crippen molar-refractivity contribution >= 4 is 77.5 Å². The zero-order valence-corrected chi connectivity index (χ0v) is 27.6. The smallest absolute Gasteiger partial charge is 0.169 e. The number of halogens is 4. The average Bonchev–Trinajstić information content (AvgIpc) is 3.59. The highest BCUT2D eigenvalue weighted by Crippen LogP contribution is 2.41. The van der Waals surface area contributed by atoms with E-state index in [1.807, 2.05) is 57.7 Å². The fourth-order valence-electron chi connectivity index (χ4n) is 5.81. The van der Waals surface area contributed by atoms with E-state index >= 15 is 0 Å². The molecule has 2 N–H and O–H groups in total. The van der Waals surface area contributed by atoms with E-state index in [1.54, 1.807) is 24.3 Å². The van der Waals surface area contributed by atoms with E-state index in [2.05, 4.69) is 41.8 Å². The Hall–Kier alpha value is -2.74. The fraction of sp³-hybridized carbons (Fsp3) is 0.188. The van der Waals surface area contributed by atoms with E-state index in [9.17, 15) is 19.0 Å². The van der Waals surface area contributed by atoms with Crippen LogP contribution in [0.2, 0.25) is 0 Å². The number of aromatic nitrogens is 4. The van der Waals surface area contributed by atoms with Crippen LogP contribution in [0.25, 0.3) is 22.1 Å². The third-order valence-corrected chi connectivity index (χ3v) is 10.8. The summed E-state index contributed by atoms with van der Waals surface area (Å²) in [6.45, 7) is 0. The average molecular weight is 759 g/mol. The molecule has 0 fully saturated rings. The first-order valence-corrected chi connectivity index (χ1v) is 17.3. The van der Waals surface area contributed by atoms with Crippen molar-refractivity contribution in [2.24, 2.45) is 0 Å².